The first-order valence-corrected chi connectivity index (χ1v) is 11.7. The second kappa shape index (κ2) is 7.46. The number of aromatic nitrogens is 2. The number of benzene rings is 2. The monoisotopic (exact) mass is 433 g/mol. The molecule has 0 amide bonds. The number of nitrogens with zero attached hydrogens (tertiary/aromatic N) is 3. The van der Waals surface area contributed by atoms with E-state index in [9.17, 15) is 9.90 Å². The topological polar surface area (TPSA) is 58.4 Å². The van der Waals surface area contributed by atoms with Gasteiger partial charge in [-0.1, -0.05) is 36.5 Å². The molecule has 3 heterocycles. The number of hydrogen-bond acceptors (Lipinski definition) is 5. The van der Waals surface area contributed by atoms with Crippen molar-refractivity contribution >= 4 is 37.5 Å². The predicted octanol–water partition coefficient (Wildman–Crippen LogP) is 5.06. The number of piperidine rings is 1. The molecule has 1 aliphatic heterocycles. The van der Waals surface area contributed by atoms with Crippen LogP contribution in [-0.4, -0.2) is 27.7 Å². The molecule has 0 radical (unpaired) electrons. The summed E-state index contributed by atoms with van der Waals surface area (Å²) in [5.41, 5.74) is 1.07. The van der Waals surface area contributed by atoms with Gasteiger partial charge < -0.3 is 10.0 Å². The van der Waals surface area contributed by atoms with Gasteiger partial charge in [0, 0.05) is 30.2 Å². The standard InChI is InChI=1S/C25H27N3O2S/c1-16-8-11-27(12-9-16)24-26-20-14-19(25(2,3)30)21(15-22(20)31-24)28-13-10-17-6-4-5-7-18(17)23(28)29/h4-7,10,13-16,30H,8-9,11-12H2,1-3H3. The summed E-state index contributed by atoms with van der Waals surface area (Å²) in [4.78, 5) is 20.5. The molecular weight excluding hydrogens is 406 g/mol. The van der Waals surface area contributed by atoms with Crippen LogP contribution in [0.25, 0.3) is 26.7 Å². The number of thiazole rings is 1. The fraction of sp³-hybridized carbons (Fsp3) is 0.360. The van der Waals surface area contributed by atoms with Gasteiger partial charge in [0.25, 0.3) is 5.56 Å². The lowest BCUT2D eigenvalue weighted by atomic mass is 9.95. The van der Waals surface area contributed by atoms with Gasteiger partial charge in [0.1, 0.15) is 0 Å². The van der Waals surface area contributed by atoms with E-state index in [0.717, 1.165) is 39.7 Å². The normalized spacial score (nSPS) is 15.8. The average Bonchev–Trinajstić information content (AvgIpc) is 3.16. The lowest BCUT2D eigenvalue weighted by molar-refractivity contribution is 0.0786. The highest BCUT2D eigenvalue weighted by Gasteiger charge is 2.25. The van der Waals surface area contributed by atoms with Crippen LogP contribution in [-0.2, 0) is 5.60 Å². The first-order chi connectivity index (χ1) is 14.8. The van der Waals surface area contributed by atoms with Crippen LogP contribution >= 0.6 is 11.3 Å². The van der Waals surface area contributed by atoms with Crippen molar-refractivity contribution in [1.29, 1.82) is 0 Å². The minimum Gasteiger partial charge on any atom is -0.386 e. The van der Waals surface area contributed by atoms with Crippen molar-refractivity contribution in [3.63, 3.8) is 0 Å². The maximum Gasteiger partial charge on any atom is 0.262 e. The predicted molar refractivity (Wildman–Crippen MR) is 129 cm³/mol. The zero-order valence-electron chi connectivity index (χ0n) is 18.1. The molecule has 0 saturated carbocycles. The molecule has 160 valence electrons. The first kappa shape index (κ1) is 20.2. The molecule has 5 rings (SSSR count). The Morgan fingerprint density at radius 3 is 2.61 bits per heavy atom. The Labute approximate surface area is 185 Å². The fourth-order valence-electron chi connectivity index (χ4n) is 4.35. The van der Waals surface area contributed by atoms with Crippen molar-refractivity contribution in [3.05, 3.63) is 64.6 Å². The molecule has 1 aliphatic rings. The summed E-state index contributed by atoms with van der Waals surface area (Å²) in [6.45, 7) is 7.86. The average molecular weight is 434 g/mol. The van der Waals surface area contributed by atoms with Crippen LogP contribution in [0, 0.1) is 5.92 Å². The highest BCUT2D eigenvalue weighted by Crippen LogP contribution is 2.36. The van der Waals surface area contributed by atoms with Crippen molar-refractivity contribution < 1.29 is 5.11 Å². The molecule has 5 nitrogen and oxygen atoms in total. The van der Waals surface area contributed by atoms with E-state index in [-0.39, 0.29) is 5.56 Å². The van der Waals surface area contributed by atoms with Crippen molar-refractivity contribution in [2.24, 2.45) is 5.92 Å². The van der Waals surface area contributed by atoms with Crippen LogP contribution in [0.1, 0.15) is 39.2 Å². The molecule has 0 spiro atoms. The van der Waals surface area contributed by atoms with E-state index in [1.807, 2.05) is 42.5 Å². The third-order valence-electron chi connectivity index (χ3n) is 6.28. The van der Waals surface area contributed by atoms with Gasteiger partial charge in [0.05, 0.1) is 21.5 Å². The van der Waals surface area contributed by atoms with Gasteiger partial charge in [-0.2, -0.15) is 0 Å². The van der Waals surface area contributed by atoms with Gasteiger partial charge in [-0.25, -0.2) is 4.98 Å². The Bertz CT molecular complexity index is 1320. The molecule has 2 aromatic carbocycles. The van der Waals surface area contributed by atoms with E-state index in [2.05, 4.69) is 11.8 Å². The van der Waals surface area contributed by atoms with Crippen molar-refractivity contribution in [1.82, 2.24) is 9.55 Å². The number of pyridine rings is 1. The van der Waals surface area contributed by atoms with Gasteiger partial charge in [-0.05, 0) is 62.3 Å². The Kier molecular flexibility index (Phi) is 4.87. The zero-order chi connectivity index (χ0) is 21.8. The minimum atomic E-state index is -1.11. The van der Waals surface area contributed by atoms with E-state index in [1.54, 1.807) is 35.9 Å². The summed E-state index contributed by atoms with van der Waals surface area (Å²) < 4.78 is 2.67. The van der Waals surface area contributed by atoms with Crippen LogP contribution in [0.5, 0.6) is 0 Å². The maximum atomic E-state index is 13.3. The molecule has 0 atom stereocenters. The summed E-state index contributed by atoms with van der Waals surface area (Å²) >= 11 is 1.66. The zero-order valence-corrected chi connectivity index (χ0v) is 18.9. The van der Waals surface area contributed by atoms with E-state index in [0.29, 0.717) is 16.6 Å². The van der Waals surface area contributed by atoms with Gasteiger partial charge >= 0.3 is 0 Å². The summed E-state index contributed by atoms with van der Waals surface area (Å²) in [5.74, 6) is 0.763. The lowest BCUT2D eigenvalue weighted by Crippen LogP contribution is -2.32. The van der Waals surface area contributed by atoms with Crippen molar-refractivity contribution in [2.75, 3.05) is 18.0 Å². The van der Waals surface area contributed by atoms with Crippen LogP contribution in [0.15, 0.2) is 53.5 Å². The number of hydrogen-bond donors (Lipinski definition) is 1. The summed E-state index contributed by atoms with van der Waals surface area (Å²) in [6, 6.07) is 13.5. The minimum absolute atomic E-state index is 0.0855. The van der Waals surface area contributed by atoms with E-state index in [4.69, 9.17) is 4.98 Å². The molecular formula is C25H27N3O2S. The molecule has 1 saturated heterocycles. The second-order valence-corrected chi connectivity index (χ2v) is 10.1. The highest BCUT2D eigenvalue weighted by atomic mass is 32.1. The maximum absolute atomic E-state index is 13.3. The van der Waals surface area contributed by atoms with Crippen molar-refractivity contribution in [2.45, 2.75) is 39.2 Å². The molecule has 0 aliphatic carbocycles. The SMILES string of the molecule is CC1CCN(c2nc3cc(C(C)(C)O)c(-n4ccc5ccccc5c4=O)cc3s2)CC1. The number of rotatable bonds is 3. The Morgan fingerprint density at radius 1 is 1.13 bits per heavy atom. The number of fused-ring (bicyclic) bond motifs is 2. The van der Waals surface area contributed by atoms with Crippen LogP contribution in [0.4, 0.5) is 5.13 Å². The lowest BCUT2D eigenvalue weighted by Gasteiger charge is -2.29. The van der Waals surface area contributed by atoms with Crippen LogP contribution in [0.3, 0.4) is 0 Å². The van der Waals surface area contributed by atoms with E-state index >= 15 is 0 Å². The molecule has 6 heteroatoms. The first-order valence-electron chi connectivity index (χ1n) is 10.8. The second-order valence-electron chi connectivity index (χ2n) is 9.14. The Hall–Kier alpha value is -2.70. The molecule has 2 aromatic heterocycles. The molecule has 1 fully saturated rings. The highest BCUT2D eigenvalue weighted by molar-refractivity contribution is 7.22. The van der Waals surface area contributed by atoms with Gasteiger partial charge in [0.15, 0.2) is 5.13 Å². The summed E-state index contributed by atoms with van der Waals surface area (Å²) in [5, 5.41) is 13.5. The third kappa shape index (κ3) is 3.64. The van der Waals surface area contributed by atoms with E-state index < -0.39 is 5.60 Å². The smallest absolute Gasteiger partial charge is 0.262 e. The van der Waals surface area contributed by atoms with Crippen LogP contribution in [0.2, 0.25) is 0 Å². The van der Waals surface area contributed by atoms with Gasteiger partial charge in [-0.3, -0.25) is 9.36 Å². The Morgan fingerprint density at radius 2 is 1.87 bits per heavy atom. The number of aliphatic hydroxyl groups is 1. The molecule has 0 bridgehead atoms. The van der Waals surface area contributed by atoms with E-state index in [1.165, 1.54) is 12.8 Å². The van der Waals surface area contributed by atoms with Gasteiger partial charge in [0.2, 0.25) is 0 Å². The fourth-order valence-corrected chi connectivity index (χ4v) is 5.39. The number of anilines is 1. The van der Waals surface area contributed by atoms with Crippen LogP contribution < -0.4 is 10.5 Å². The van der Waals surface area contributed by atoms with Crippen molar-refractivity contribution in [3.8, 4) is 5.69 Å². The molecule has 31 heavy (non-hydrogen) atoms. The molecule has 4 aromatic rings. The Balaban J connectivity index is 1.68. The third-order valence-corrected chi connectivity index (χ3v) is 7.36. The quantitative estimate of drug-likeness (QED) is 0.490. The molecule has 1 N–H and O–H groups in total. The summed E-state index contributed by atoms with van der Waals surface area (Å²) in [7, 11) is 0. The largest absolute Gasteiger partial charge is 0.386 e. The summed E-state index contributed by atoms with van der Waals surface area (Å²) in [6.07, 6.45) is 4.17. The molecule has 0 unspecified atom stereocenters. The van der Waals surface area contributed by atoms with Gasteiger partial charge in [-0.15, -0.1) is 0 Å².